The molecule has 0 saturated carbocycles. The molecule has 3 heterocycles. The number of nitrogens with zero attached hydrogens (tertiary/aromatic N) is 5. The number of carbonyl (C=O) groups is 1. The second kappa shape index (κ2) is 9.49. The molecule has 33 heavy (non-hydrogen) atoms. The number of anilines is 2. The quantitative estimate of drug-likeness (QED) is 0.459. The number of nitrogens with two attached hydrogens (primary N) is 1. The van der Waals surface area contributed by atoms with Crippen molar-refractivity contribution >= 4 is 28.7 Å². The molecule has 1 amide bonds. The average molecular weight is 455 g/mol. The molecule has 1 saturated heterocycles. The Morgan fingerprint density at radius 1 is 1.36 bits per heavy atom. The molecule has 1 aliphatic rings. The zero-order chi connectivity index (χ0) is 23.5. The van der Waals surface area contributed by atoms with Gasteiger partial charge in [-0.1, -0.05) is 19.1 Å². The second-order valence-electron chi connectivity index (χ2n) is 8.27. The van der Waals surface area contributed by atoms with E-state index in [1.165, 1.54) is 6.20 Å². The maximum Gasteiger partial charge on any atom is 0.285 e. The van der Waals surface area contributed by atoms with E-state index < -0.39 is 0 Å². The smallest absolute Gasteiger partial charge is 0.285 e. The summed E-state index contributed by atoms with van der Waals surface area (Å²) in [5.41, 5.74) is 7.22. The van der Waals surface area contributed by atoms with Gasteiger partial charge in [0.25, 0.3) is 11.4 Å². The van der Waals surface area contributed by atoms with Crippen LogP contribution in [0, 0.1) is 10.1 Å². The van der Waals surface area contributed by atoms with Crippen molar-refractivity contribution in [3.05, 3.63) is 52.0 Å². The van der Waals surface area contributed by atoms with Crippen molar-refractivity contribution < 1.29 is 9.22 Å². The van der Waals surface area contributed by atoms with Gasteiger partial charge in [-0.15, -0.1) is 0 Å². The first-order valence-electron chi connectivity index (χ1n) is 11.2. The molecule has 3 aromatic rings. The summed E-state index contributed by atoms with van der Waals surface area (Å²) in [6, 6.07) is 6.61. The van der Waals surface area contributed by atoms with E-state index in [4.69, 9.17) is 10.7 Å². The lowest BCUT2D eigenvalue weighted by atomic mass is 10.1. The van der Waals surface area contributed by atoms with Crippen LogP contribution < -0.4 is 25.7 Å². The zero-order valence-corrected chi connectivity index (χ0v) is 19.0. The van der Waals surface area contributed by atoms with Gasteiger partial charge in [0.2, 0.25) is 12.1 Å². The molecule has 2 aromatic heterocycles. The van der Waals surface area contributed by atoms with Crippen molar-refractivity contribution in [3.63, 3.8) is 0 Å². The molecule has 4 N–H and O–H groups in total. The van der Waals surface area contributed by atoms with Crippen LogP contribution in [0.2, 0.25) is 0 Å². The maximum absolute atomic E-state index is 13.3. The summed E-state index contributed by atoms with van der Waals surface area (Å²) < 4.78 is 3.22. The van der Waals surface area contributed by atoms with E-state index >= 15 is 0 Å². The Morgan fingerprint density at radius 3 is 2.88 bits per heavy atom. The van der Waals surface area contributed by atoms with Gasteiger partial charge in [-0.2, -0.15) is 4.98 Å². The molecule has 176 valence electrons. The van der Waals surface area contributed by atoms with E-state index in [1.807, 2.05) is 11.5 Å². The minimum absolute atomic E-state index is 0.0695. The number of imidazole rings is 1. The highest BCUT2D eigenvalue weighted by atomic mass is 16.5. The fourth-order valence-electron chi connectivity index (χ4n) is 4.32. The average Bonchev–Trinajstić information content (AvgIpc) is 3.19. The molecule has 0 radical (unpaired) electrons. The summed E-state index contributed by atoms with van der Waals surface area (Å²) in [5.74, 6) is 0.796. The van der Waals surface area contributed by atoms with Crippen LogP contribution in [0.25, 0.3) is 11.0 Å². The number of fused-ring (bicyclic) bond motifs is 1. The molecule has 4 rings (SSSR count). The van der Waals surface area contributed by atoms with Crippen LogP contribution in [0.15, 0.2) is 30.5 Å². The summed E-state index contributed by atoms with van der Waals surface area (Å²) >= 11 is 0. The number of rotatable bonds is 7. The predicted octanol–water partition coefficient (Wildman–Crippen LogP) is 1.41. The Hall–Kier alpha value is -3.60. The summed E-state index contributed by atoms with van der Waals surface area (Å²) in [6.45, 7) is 4.06. The standard InChI is InChI=1S/C22H30N8O3/c1-3-10-28-19(20(24-2)26-22(28)27-11-6-7-15(23)13-27)21(31)25-12-16-14-29(32)17-8-4-5-9-18(17)30(16)33/h4-5,8-9,14-15,24H,3,6-7,10-13,23H2,1-2H3,(H,25,31)/t15-/m1/s1. The summed E-state index contributed by atoms with van der Waals surface area (Å²) in [6.07, 6.45) is 3.95. The summed E-state index contributed by atoms with van der Waals surface area (Å²) in [7, 11) is 1.72. The lowest BCUT2D eigenvalue weighted by molar-refractivity contribution is -0.465. The molecule has 0 aliphatic carbocycles. The predicted molar refractivity (Wildman–Crippen MR) is 127 cm³/mol. The normalized spacial score (nSPS) is 16.2. The summed E-state index contributed by atoms with van der Waals surface area (Å²) in [4.78, 5) is 32.4. The first-order valence-corrected chi connectivity index (χ1v) is 11.2. The molecule has 1 fully saturated rings. The molecule has 1 atom stereocenters. The van der Waals surface area contributed by atoms with E-state index in [-0.39, 0.29) is 35.2 Å². The number of hydrogen-bond acceptors (Lipinski definition) is 7. The molecule has 0 unspecified atom stereocenters. The van der Waals surface area contributed by atoms with E-state index in [9.17, 15) is 14.9 Å². The van der Waals surface area contributed by atoms with Gasteiger partial charge in [0.05, 0.1) is 11.0 Å². The number of amides is 1. The van der Waals surface area contributed by atoms with E-state index in [2.05, 4.69) is 15.5 Å². The number of aromatic nitrogens is 4. The Balaban J connectivity index is 1.63. The SMILES string of the molecule is CCCn1c(N2CCC[C@@H](N)C2)nc(NC)c1C(=O)NCc1c[n+](=O)c2ccccc2n1[O-]. The van der Waals surface area contributed by atoms with Gasteiger partial charge in [0.15, 0.2) is 11.5 Å². The Kier molecular flexibility index (Phi) is 6.50. The number of benzene rings is 1. The number of carbonyl (C=O) groups excluding carboxylic acids is 1. The number of nitrogens with one attached hydrogen (secondary N) is 2. The van der Waals surface area contributed by atoms with Gasteiger partial charge in [0.1, 0.15) is 11.2 Å². The number of para-hydroxylation sites is 2. The van der Waals surface area contributed by atoms with Crippen LogP contribution in [0.1, 0.15) is 42.4 Å². The van der Waals surface area contributed by atoms with Gasteiger partial charge < -0.3 is 35.8 Å². The van der Waals surface area contributed by atoms with Gasteiger partial charge in [-0.05, 0) is 25.3 Å². The molecule has 0 bridgehead atoms. The van der Waals surface area contributed by atoms with Crippen molar-refractivity contribution in [2.24, 2.45) is 5.73 Å². The first-order chi connectivity index (χ1) is 15.9. The molecule has 0 spiro atoms. The van der Waals surface area contributed by atoms with Crippen molar-refractivity contribution in [2.75, 3.05) is 30.4 Å². The Labute approximate surface area is 191 Å². The van der Waals surface area contributed by atoms with Crippen molar-refractivity contribution in [2.45, 2.75) is 45.3 Å². The molecular formula is C22H30N8O3. The highest BCUT2D eigenvalue weighted by molar-refractivity contribution is 5.98. The molecule has 11 nitrogen and oxygen atoms in total. The molecule has 11 heteroatoms. The summed E-state index contributed by atoms with van der Waals surface area (Å²) in [5, 5.41) is 18.5. The van der Waals surface area contributed by atoms with Gasteiger partial charge in [-0.25, -0.2) is 0 Å². The zero-order valence-electron chi connectivity index (χ0n) is 19.0. The third-order valence-corrected chi connectivity index (χ3v) is 5.88. The third kappa shape index (κ3) is 4.36. The molecule has 1 aromatic carbocycles. The molecule has 1 aliphatic heterocycles. The first kappa shape index (κ1) is 22.6. The van der Waals surface area contributed by atoms with E-state index in [0.29, 0.717) is 39.7 Å². The lowest BCUT2D eigenvalue weighted by Gasteiger charge is -2.32. The minimum atomic E-state index is -0.376. The van der Waals surface area contributed by atoms with E-state index in [0.717, 1.165) is 25.8 Å². The van der Waals surface area contributed by atoms with Crippen LogP contribution in [-0.2, 0) is 13.1 Å². The van der Waals surface area contributed by atoms with Crippen molar-refractivity contribution in [1.82, 2.24) is 19.6 Å². The minimum Gasteiger partial charge on any atom is -0.805 e. The third-order valence-electron chi connectivity index (χ3n) is 5.88. The van der Waals surface area contributed by atoms with Crippen LogP contribution in [-0.4, -0.2) is 46.4 Å². The largest absolute Gasteiger partial charge is 0.805 e. The Bertz CT molecular complexity index is 1220. The highest BCUT2D eigenvalue weighted by Crippen LogP contribution is 2.26. The fraction of sp³-hybridized carbons (Fsp3) is 0.455. The number of hydrogen-bond donors (Lipinski definition) is 3. The van der Waals surface area contributed by atoms with Crippen LogP contribution in [0.4, 0.5) is 11.8 Å². The van der Waals surface area contributed by atoms with Crippen LogP contribution in [0.3, 0.4) is 0 Å². The van der Waals surface area contributed by atoms with Crippen molar-refractivity contribution in [3.8, 4) is 0 Å². The van der Waals surface area contributed by atoms with Gasteiger partial charge >= 0.3 is 0 Å². The van der Waals surface area contributed by atoms with Crippen molar-refractivity contribution in [1.29, 1.82) is 0 Å². The topological polar surface area (TPSA) is 139 Å². The monoisotopic (exact) mass is 454 g/mol. The van der Waals surface area contributed by atoms with Gasteiger partial charge in [-0.3, -0.25) is 4.79 Å². The lowest BCUT2D eigenvalue weighted by Crippen LogP contribution is -2.44. The fourth-order valence-corrected chi connectivity index (χ4v) is 4.32. The second-order valence-corrected chi connectivity index (χ2v) is 8.27. The Morgan fingerprint density at radius 2 is 2.15 bits per heavy atom. The van der Waals surface area contributed by atoms with E-state index in [1.54, 1.807) is 31.3 Å². The maximum atomic E-state index is 13.3. The van der Waals surface area contributed by atoms with Gasteiger partial charge in [0, 0.05) is 43.7 Å². The highest BCUT2D eigenvalue weighted by Gasteiger charge is 2.28. The van der Waals surface area contributed by atoms with Crippen LogP contribution >= 0.6 is 0 Å². The van der Waals surface area contributed by atoms with Crippen LogP contribution in [0.5, 0.6) is 0 Å². The molecular weight excluding hydrogens is 424 g/mol. The number of piperidine rings is 1.